The number of nitro groups is 1. The van der Waals surface area contributed by atoms with Gasteiger partial charge < -0.3 is 5.32 Å². The number of hydrogen-bond acceptors (Lipinski definition) is 5. The van der Waals surface area contributed by atoms with Crippen LogP contribution in [0.4, 0.5) is 11.4 Å². The monoisotopic (exact) mass is 263 g/mol. The average molecular weight is 263 g/mol. The molecule has 0 bridgehead atoms. The third-order valence-corrected chi connectivity index (χ3v) is 3.13. The molecule has 0 spiro atoms. The number of nitrogens with zero attached hydrogens (tertiary/aromatic N) is 2. The van der Waals surface area contributed by atoms with Crippen LogP contribution in [-0.2, 0) is 9.59 Å². The molecular weight excluding hydrogens is 250 g/mol. The Kier molecular flexibility index (Phi) is 3.20. The molecule has 1 aromatic carbocycles. The van der Waals surface area contributed by atoms with E-state index in [9.17, 15) is 19.7 Å². The van der Waals surface area contributed by atoms with Gasteiger partial charge in [0.2, 0.25) is 5.91 Å². The van der Waals surface area contributed by atoms with Crippen molar-refractivity contribution in [3.05, 3.63) is 33.9 Å². The average Bonchev–Trinajstić information content (AvgIpc) is 2.57. The van der Waals surface area contributed by atoms with E-state index < -0.39 is 11.0 Å². The minimum absolute atomic E-state index is 0.0143. The molecule has 100 valence electrons. The predicted molar refractivity (Wildman–Crippen MR) is 67.6 cm³/mol. The summed E-state index contributed by atoms with van der Waals surface area (Å²) in [6.07, 6.45) is 0.0143. The fourth-order valence-electron chi connectivity index (χ4n) is 2.07. The van der Waals surface area contributed by atoms with Crippen molar-refractivity contribution >= 4 is 23.2 Å². The Morgan fingerprint density at radius 2 is 2.11 bits per heavy atom. The van der Waals surface area contributed by atoms with Crippen molar-refractivity contribution < 1.29 is 14.5 Å². The van der Waals surface area contributed by atoms with E-state index in [2.05, 4.69) is 5.32 Å². The van der Waals surface area contributed by atoms with Crippen LogP contribution in [0.1, 0.15) is 12.0 Å². The first-order chi connectivity index (χ1) is 8.91. The summed E-state index contributed by atoms with van der Waals surface area (Å²) in [5.74, 6) is -0.668. The third kappa shape index (κ3) is 2.26. The van der Waals surface area contributed by atoms with Gasteiger partial charge in [-0.1, -0.05) is 12.1 Å². The van der Waals surface area contributed by atoms with Crippen LogP contribution >= 0.6 is 0 Å². The molecule has 0 radical (unpaired) electrons. The number of amides is 2. The highest BCUT2D eigenvalue weighted by Gasteiger charge is 2.37. The summed E-state index contributed by atoms with van der Waals surface area (Å²) in [5.41, 5.74) is 0.684. The lowest BCUT2D eigenvalue weighted by molar-refractivity contribution is -0.384. The third-order valence-electron chi connectivity index (χ3n) is 3.13. The molecule has 19 heavy (non-hydrogen) atoms. The fourth-order valence-corrected chi connectivity index (χ4v) is 2.07. The highest BCUT2D eigenvalue weighted by Crippen LogP contribution is 2.29. The number of likely N-dealkylation sites (tertiary alicyclic amines) is 1. The lowest BCUT2D eigenvalue weighted by atomic mass is 10.1. The molecule has 1 N–H and O–H groups in total. The van der Waals surface area contributed by atoms with Crippen molar-refractivity contribution in [3.63, 3.8) is 0 Å². The molecule has 2 rings (SSSR count). The van der Waals surface area contributed by atoms with Crippen molar-refractivity contribution in [1.82, 2.24) is 4.90 Å². The molecule has 7 nitrogen and oxygen atoms in total. The van der Waals surface area contributed by atoms with Gasteiger partial charge in [0.1, 0.15) is 11.7 Å². The Balaban J connectivity index is 2.30. The van der Waals surface area contributed by atoms with Gasteiger partial charge in [0.25, 0.3) is 11.6 Å². The molecule has 7 heteroatoms. The van der Waals surface area contributed by atoms with Crippen LogP contribution in [-0.4, -0.2) is 34.7 Å². The lowest BCUT2D eigenvalue weighted by Crippen LogP contribution is -2.32. The summed E-state index contributed by atoms with van der Waals surface area (Å²) >= 11 is 0. The Labute approximate surface area is 109 Å². The van der Waals surface area contributed by atoms with Crippen LogP contribution in [0.3, 0.4) is 0 Å². The zero-order valence-electron chi connectivity index (χ0n) is 10.5. The zero-order valence-corrected chi connectivity index (χ0v) is 10.5. The first-order valence-electron chi connectivity index (χ1n) is 5.72. The number of likely N-dealkylation sites (N-methyl/N-ethyl adjacent to an activating group) is 1. The van der Waals surface area contributed by atoms with Gasteiger partial charge in [-0.2, -0.15) is 0 Å². The number of nitrogens with one attached hydrogen (secondary N) is 1. The number of nitro benzene ring substituents is 1. The molecule has 1 aliphatic rings. The Hall–Kier alpha value is -2.44. The lowest BCUT2D eigenvalue weighted by Gasteiger charge is -2.13. The number of carbonyl (C=O) groups excluding carboxylic acids is 2. The van der Waals surface area contributed by atoms with Crippen LogP contribution in [0.15, 0.2) is 18.2 Å². The number of benzene rings is 1. The van der Waals surface area contributed by atoms with Gasteiger partial charge in [-0.05, 0) is 13.0 Å². The molecule has 2 amide bonds. The van der Waals surface area contributed by atoms with E-state index in [1.165, 1.54) is 13.1 Å². The van der Waals surface area contributed by atoms with Gasteiger partial charge >= 0.3 is 0 Å². The van der Waals surface area contributed by atoms with Crippen molar-refractivity contribution in [3.8, 4) is 0 Å². The van der Waals surface area contributed by atoms with Gasteiger partial charge in [0.15, 0.2) is 0 Å². The zero-order chi connectivity index (χ0) is 14.2. The number of anilines is 1. The first kappa shape index (κ1) is 13.0. The summed E-state index contributed by atoms with van der Waals surface area (Å²) in [6.45, 7) is 1.62. The van der Waals surface area contributed by atoms with E-state index in [0.717, 1.165) is 4.90 Å². The number of carbonyl (C=O) groups is 2. The summed E-state index contributed by atoms with van der Waals surface area (Å²) in [5, 5.41) is 13.8. The molecule has 1 aliphatic heterocycles. The molecule has 1 saturated heterocycles. The SMILES string of the molecule is Cc1cccc(NC2CC(=O)N(C)C2=O)c1[N+](=O)[O-]. The van der Waals surface area contributed by atoms with Crippen LogP contribution < -0.4 is 5.32 Å². The van der Waals surface area contributed by atoms with Crippen LogP contribution in [0.25, 0.3) is 0 Å². The number of hydrogen-bond donors (Lipinski definition) is 1. The van der Waals surface area contributed by atoms with Crippen LogP contribution in [0.5, 0.6) is 0 Å². The number of para-hydroxylation sites is 1. The Morgan fingerprint density at radius 1 is 1.42 bits per heavy atom. The van der Waals surface area contributed by atoms with E-state index in [0.29, 0.717) is 5.56 Å². The van der Waals surface area contributed by atoms with Crippen molar-refractivity contribution in [2.45, 2.75) is 19.4 Å². The van der Waals surface area contributed by atoms with E-state index in [1.54, 1.807) is 19.1 Å². The second kappa shape index (κ2) is 4.68. The van der Waals surface area contributed by atoms with E-state index in [-0.39, 0.29) is 29.6 Å². The van der Waals surface area contributed by atoms with Crippen LogP contribution in [0, 0.1) is 17.0 Å². The maximum atomic E-state index is 11.8. The van der Waals surface area contributed by atoms with Gasteiger partial charge in [0.05, 0.1) is 11.3 Å². The van der Waals surface area contributed by atoms with E-state index >= 15 is 0 Å². The topological polar surface area (TPSA) is 92.6 Å². The number of rotatable bonds is 3. The second-order valence-corrected chi connectivity index (χ2v) is 4.42. The molecule has 1 aromatic rings. The van der Waals surface area contributed by atoms with Gasteiger partial charge in [-0.3, -0.25) is 24.6 Å². The van der Waals surface area contributed by atoms with Crippen LogP contribution in [0.2, 0.25) is 0 Å². The largest absolute Gasteiger partial charge is 0.368 e. The number of aryl methyl sites for hydroxylation is 1. The first-order valence-corrected chi connectivity index (χ1v) is 5.72. The summed E-state index contributed by atoms with van der Waals surface area (Å²) in [7, 11) is 1.40. The highest BCUT2D eigenvalue weighted by molar-refractivity contribution is 6.06. The minimum atomic E-state index is -0.738. The summed E-state index contributed by atoms with van der Waals surface area (Å²) < 4.78 is 0. The maximum absolute atomic E-state index is 11.8. The normalized spacial score (nSPS) is 18.8. The smallest absolute Gasteiger partial charge is 0.295 e. The summed E-state index contributed by atoms with van der Waals surface area (Å²) in [4.78, 5) is 34.7. The molecular formula is C12H13N3O4. The number of imide groups is 1. The predicted octanol–water partition coefficient (Wildman–Crippen LogP) is 1.07. The van der Waals surface area contributed by atoms with Gasteiger partial charge in [-0.25, -0.2) is 0 Å². The van der Waals surface area contributed by atoms with E-state index in [1.807, 2.05) is 0 Å². The quantitative estimate of drug-likeness (QED) is 0.500. The highest BCUT2D eigenvalue weighted by atomic mass is 16.6. The molecule has 0 aliphatic carbocycles. The minimum Gasteiger partial charge on any atom is -0.368 e. The molecule has 1 unspecified atom stereocenters. The molecule has 0 saturated carbocycles. The van der Waals surface area contributed by atoms with Crippen molar-refractivity contribution in [1.29, 1.82) is 0 Å². The van der Waals surface area contributed by atoms with Gasteiger partial charge in [0, 0.05) is 12.6 Å². The van der Waals surface area contributed by atoms with Crippen molar-refractivity contribution in [2.24, 2.45) is 0 Å². The molecule has 1 atom stereocenters. The molecule has 0 aromatic heterocycles. The molecule has 1 fully saturated rings. The summed E-state index contributed by atoms with van der Waals surface area (Å²) in [6, 6.07) is 4.08. The Morgan fingerprint density at radius 3 is 2.63 bits per heavy atom. The molecule has 1 heterocycles. The second-order valence-electron chi connectivity index (χ2n) is 4.42. The van der Waals surface area contributed by atoms with Crippen molar-refractivity contribution in [2.75, 3.05) is 12.4 Å². The Bertz CT molecular complexity index is 570. The maximum Gasteiger partial charge on any atom is 0.295 e. The van der Waals surface area contributed by atoms with E-state index in [4.69, 9.17) is 0 Å². The fraction of sp³-hybridized carbons (Fsp3) is 0.333. The van der Waals surface area contributed by atoms with Gasteiger partial charge in [-0.15, -0.1) is 0 Å². The standard InChI is InChI=1S/C12H13N3O4/c1-7-4-3-5-8(11(7)15(18)19)13-9-6-10(16)14(2)12(9)17/h3-5,9,13H,6H2,1-2H3.